The Kier molecular flexibility index (Phi) is 6.31. The molecule has 0 radical (unpaired) electrons. The lowest BCUT2D eigenvalue weighted by molar-refractivity contribution is 0.549. The lowest BCUT2D eigenvalue weighted by Gasteiger charge is -2.15. The molecule has 1 unspecified atom stereocenters. The molecule has 4 nitrogen and oxygen atoms in total. The Hall–Kier alpha value is -1.07. The minimum Gasteiger partial charge on any atom is -0.384 e. The first-order chi connectivity index (χ1) is 9.01. The molecular formula is C14H24N2O2S. The molecule has 19 heavy (non-hydrogen) atoms. The Morgan fingerprint density at radius 2 is 1.89 bits per heavy atom. The zero-order chi connectivity index (χ0) is 14.3. The highest BCUT2D eigenvalue weighted by atomic mass is 32.2. The predicted octanol–water partition coefficient (Wildman–Crippen LogP) is 2.83. The van der Waals surface area contributed by atoms with Crippen LogP contribution in [-0.4, -0.2) is 21.5 Å². The van der Waals surface area contributed by atoms with Crippen molar-refractivity contribution in [3.63, 3.8) is 0 Å². The first-order valence-corrected chi connectivity index (χ1v) is 8.32. The highest BCUT2D eigenvalue weighted by Gasteiger charge is 2.17. The van der Waals surface area contributed by atoms with E-state index in [1.54, 1.807) is 19.1 Å². The molecule has 0 aliphatic carbocycles. The third-order valence-electron chi connectivity index (χ3n) is 2.93. The molecule has 1 aromatic rings. The van der Waals surface area contributed by atoms with Gasteiger partial charge in [0.05, 0.1) is 5.69 Å². The third kappa shape index (κ3) is 4.84. The summed E-state index contributed by atoms with van der Waals surface area (Å²) in [4.78, 5) is 0.320. The second-order valence-corrected chi connectivity index (χ2v) is 6.51. The summed E-state index contributed by atoms with van der Waals surface area (Å²) < 4.78 is 26.7. The molecule has 0 aromatic heterocycles. The summed E-state index contributed by atoms with van der Waals surface area (Å²) in [6, 6.07) is 7.02. The summed E-state index contributed by atoms with van der Waals surface area (Å²) in [5.41, 5.74) is 0.673. The number of benzene rings is 1. The number of anilines is 1. The van der Waals surface area contributed by atoms with E-state index in [1.165, 1.54) is 0 Å². The van der Waals surface area contributed by atoms with Crippen LogP contribution in [0, 0.1) is 5.92 Å². The van der Waals surface area contributed by atoms with Crippen LogP contribution in [0.25, 0.3) is 0 Å². The lowest BCUT2D eigenvalue weighted by Crippen LogP contribution is -2.24. The van der Waals surface area contributed by atoms with Crippen LogP contribution in [0.2, 0.25) is 0 Å². The van der Waals surface area contributed by atoms with E-state index in [1.807, 2.05) is 12.1 Å². The van der Waals surface area contributed by atoms with Crippen LogP contribution in [0.5, 0.6) is 0 Å². The van der Waals surface area contributed by atoms with Gasteiger partial charge in [-0.05, 0) is 24.5 Å². The van der Waals surface area contributed by atoms with E-state index in [2.05, 4.69) is 23.9 Å². The average molecular weight is 284 g/mol. The molecule has 108 valence electrons. The summed E-state index contributed by atoms with van der Waals surface area (Å²) in [6.07, 6.45) is 2.27. The van der Waals surface area contributed by atoms with E-state index in [9.17, 15) is 8.42 Å². The van der Waals surface area contributed by atoms with Gasteiger partial charge in [-0.25, -0.2) is 13.1 Å². The minimum absolute atomic E-state index is 0.320. The molecule has 0 heterocycles. The number of hydrogen-bond acceptors (Lipinski definition) is 3. The molecule has 0 saturated heterocycles. The van der Waals surface area contributed by atoms with Crippen LogP contribution in [0.15, 0.2) is 29.2 Å². The van der Waals surface area contributed by atoms with Crippen molar-refractivity contribution in [2.45, 2.75) is 38.5 Å². The van der Waals surface area contributed by atoms with Gasteiger partial charge in [0.25, 0.3) is 0 Å². The second kappa shape index (κ2) is 7.50. The first kappa shape index (κ1) is 16.0. The third-order valence-corrected chi connectivity index (χ3v) is 4.54. The normalized spacial score (nSPS) is 13.2. The van der Waals surface area contributed by atoms with Crippen molar-refractivity contribution in [2.24, 2.45) is 5.92 Å². The van der Waals surface area contributed by atoms with Crippen molar-refractivity contribution >= 4 is 15.7 Å². The summed E-state index contributed by atoms with van der Waals surface area (Å²) in [6.45, 7) is 7.27. The number of para-hydroxylation sites is 1. The zero-order valence-electron chi connectivity index (χ0n) is 11.9. The molecule has 1 rings (SSSR count). The van der Waals surface area contributed by atoms with Gasteiger partial charge in [-0.15, -0.1) is 0 Å². The molecule has 1 atom stereocenters. The highest BCUT2D eigenvalue weighted by Crippen LogP contribution is 2.21. The summed E-state index contributed by atoms with van der Waals surface area (Å²) in [5.74, 6) is 0.528. The van der Waals surface area contributed by atoms with Gasteiger partial charge < -0.3 is 5.32 Å². The van der Waals surface area contributed by atoms with Crippen LogP contribution >= 0.6 is 0 Å². The van der Waals surface area contributed by atoms with Crippen molar-refractivity contribution in [3.05, 3.63) is 24.3 Å². The first-order valence-electron chi connectivity index (χ1n) is 6.83. The molecule has 0 bridgehead atoms. The summed E-state index contributed by atoms with van der Waals surface area (Å²) in [7, 11) is -3.41. The van der Waals surface area contributed by atoms with E-state index in [-0.39, 0.29) is 0 Å². The van der Waals surface area contributed by atoms with E-state index in [0.29, 0.717) is 23.0 Å². The van der Waals surface area contributed by atoms with Gasteiger partial charge in [-0.3, -0.25) is 0 Å². The van der Waals surface area contributed by atoms with E-state index in [0.717, 1.165) is 19.4 Å². The van der Waals surface area contributed by atoms with Crippen molar-refractivity contribution in [3.8, 4) is 0 Å². The molecule has 0 spiro atoms. The monoisotopic (exact) mass is 284 g/mol. The topological polar surface area (TPSA) is 58.2 Å². The molecule has 0 saturated carbocycles. The van der Waals surface area contributed by atoms with Crippen molar-refractivity contribution in [1.29, 1.82) is 0 Å². The fourth-order valence-corrected chi connectivity index (χ4v) is 3.22. The average Bonchev–Trinajstić information content (AvgIpc) is 2.37. The van der Waals surface area contributed by atoms with Crippen molar-refractivity contribution < 1.29 is 8.42 Å². The van der Waals surface area contributed by atoms with Gasteiger partial charge in [-0.2, -0.15) is 0 Å². The SMILES string of the molecule is CCCC(C)CNc1ccccc1S(=O)(=O)NCC. The van der Waals surface area contributed by atoms with Gasteiger partial charge in [0.2, 0.25) is 10.0 Å². The Morgan fingerprint density at radius 3 is 2.53 bits per heavy atom. The van der Waals surface area contributed by atoms with Gasteiger partial charge in [0.15, 0.2) is 0 Å². The van der Waals surface area contributed by atoms with Crippen molar-refractivity contribution in [1.82, 2.24) is 4.72 Å². The number of nitrogens with one attached hydrogen (secondary N) is 2. The molecule has 0 amide bonds. The molecule has 1 aromatic carbocycles. The number of hydrogen-bond donors (Lipinski definition) is 2. The van der Waals surface area contributed by atoms with Crippen LogP contribution in [0.3, 0.4) is 0 Å². The van der Waals surface area contributed by atoms with Gasteiger partial charge >= 0.3 is 0 Å². The smallest absolute Gasteiger partial charge is 0.242 e. The molecule has 5 heteroatoms. The number of sulfonamides is 1. The summed E-state index contributed by atoms with van der Waals surface area (Å²) >= 11 is 0. The minimum atomic E-state index is -3.41. The van der Waals surface area contributed by atoms with Gasteiger partial charge in [0, 0.05) is 13.1 Å². The summed E-state index contributed by atoms with van der Waals surface area (Å²) in [5, 5.41) is 3.24. The fraction of sp³-hybridized carbons (Fsp3) is 0.571. The maximum Gasteiger partial charge on any atom is 0.242 e. The largest absolute Gasteiger partial charge is 0.384 e. The Labute approximate surface area is 116 Å². The Morgan fingerprint density at radius 1 is 1.21 bits per heavy atom. The quantitative estimate of drug-likeness (QED) is 0.771. The fourth-order valence-electron chi connectivity index (χ4n) is 1.99. The van der Waals surface area contributed by atoms with Gasteiger partial charge in [-0.1, -0.05) is 39.3 Å². The number of rotatable bonds is 8. The molecule has 0 fully saturated rings. The molecule has 0 aliphatic heterocycles. The van der Waals surface area contributed by atoms with Crippen molar-refractivity contribution in [2.75, 3.05) is 18.4 Å². The zero-order valence-corrected chi connectivity index (χ0v) is 12.8. The molecule has 0 aliphatic rings. The molecule has 2 N–H and O–H groups in total. The highest BCUT2D eigenvalue weighted by molar-refractivity contribution is 7.89. The lowest BCUT2D eigenvalue weighted by atomic mass is 10.1. The van der Waals surface area contributed by atoms with Gasteiger partial charge in [0.1, 0.15) is 4.90 Å². The Bertz CT molecular complexity index is 486. The van der Waals surface area contributed by atoms with Crippen LogP contribution < -0.4 is 10.0 Å². The second-order valence-electron chi connectivity index (χ2n) is 4.77. The maximum atomic E-state index is 12.1. The Balaban J connectivity index is 2.85. The predicted molar refractivity (Wildman–Crippen MR) is 79.9 cm³/mol. The van der Waals surface area contributed by atoms with E-state index >= 15 is 0 Å². The van der Waals surface area contributed by atoms with E-state index < -0.39 is 10.0 Å². The van der Waals surface area contributed by atoms with Crippen LogP contribution in [0.4, 0.5) is 5.69 Å². The maximum absolute atomic E-state index is 12.1. The van der Waals surface area contributed by atoms with Crippen LogP contribution in [-0.2, 0) is 10.0 Å². The standard InChI is InChI=1S/C14H24N2O2S/c1-4-8-12(3)11-15-13-9-6-7-10-14(13)19(17,18)16-5-2/h6-7,9-10,12,15-16H,4-5,8,11H2,1-3H3. The molecular weight excluding hydrogens is 260 g/mol. The van der Waals surface area contributed by atoms with Crippen LogP contribution in [0.1, 0.15) is 33.6 Å². The van der Waals surface area contributed by atoms with E-state index in [4.69, 9.17) is 0 Å².